The summed E-state index contributed by atoms with van der Waals surface area (Å²) in [6.07, 6.45) is 0.303. The maximum absolute atomic E-state index is 11.3. The molecule has 27 nitrogen and oxygen atoms in total. The second-order valence-electron chi connectivity index (χ2n) is 11.6. The van der Waals surface area contributed by atoms with Crippen molar-refractivity contribution in [1.29, 1.82) is 0 Å². The van der Waals surface area contributed by atoms with Gasteiger partial charge in [-0.2, -0.15) is 0 Å². The first-order chi connectivity index (χ1) is 26.5. The number of carbonyl (C=O) groups is 3. The number of nitrogens with two attached hydrogens (primary N) is 6. The van der Waals surface area contributed by atoms with E-state index in [4.69, 9.17) is 65.0 Å². The molecule has 0 rings (SSSR count). The van der Waals surface area contributed by atoms with Crippen LogP contribution in [0.2, 0.25) is 0 Å². The van der Waals surface area contributed by atoms with Gasteiger partial charge in [-0.05, 0) is 58.2 Å². The average molecular weight is 954 g/mol. The Morgan fingerprint density at radius 2 is 0.690 bits per heavy atom. The summed E-state index contributed by atoms with van der Waals surface area (Å²) < 4.78 is 58.5. The summed E-state index contributed by atoms with van der Waals surface area (Å²) in [6, 6.07) is -3.25. The second kappa shape index (κ2) is 36.5. The summed E-state index contributed by atoms with van der Waals surface area (Å²) in [5, 5.41) is 52.1. The third-order valence-electron chi connectivity index (χ3n) is 6.33. The summed E-state index contributed by atoms with van der Waals surface area (Å²) in [5.74, 6) is -3.39. The van der Waals surface area contributed by atoms with Gasteiger partial charge in [-0.1, -0.05) is 19.3 Å². The molecular weight excluding hydrogens is 893 g/mol. The van der Waals surface area contributed by atoms with E-state index in [1.54, 1.807) is 0 Å². The van der Waals surface area contributed by atoms with Gasteiger partial charge in [0.2, 0.25) is 0 Å². The molecule has 0 amide bonds. The number of hydrogen-bond donors (Lipinski definition) is 12. The van der Waals surface area contributed by atoms with Crippen LogP contribution in [0.1, 0.15) is 57.8 Å². The molecule has 6 unspecified atom stereocenters. The van der Waals surface area contributed by atoms with Crippen molar-refractivity contribution in [1.82, 2.24) is 0 Å². The van der Waals surface area contributed by atoms with Gasteiger partial charge in [0.25, 0.3) is 0 Å². The Labute approximate surface area is 346 Å². The van der Waals surface area contributed by atoms with Crippen LogP contribution < -0.4 is 49.1 Å². The molecule has 1 radical (unpaired) electrons. The van der Waals surface area contributed by atoms with Gasteiger partial charge in [0.05, 0.1) is 39.6 Å². The van der Waals surface area contributed by atoms with Crippen LogP contribution in [0.5, 0.6) is 0 Å². The van der Waals surface area contributed by atoms with Gasteiger partial charge in [-0.15, -0.1) is 0 Å². The monoisotopic (exact) mass is 953 g/mol. The SMILES string of the molecule is NCCCC[C@H](N)C(=O)OP(=O)([O-])OCC(O)CO.NCCCC[C@H](N)C(=O)OP(=O)([O-])OCC(O)CO.NCCCC[C@H](N)C(=O)OP(=O)([O-])OCC(O)CO.[Fe+3]. The van der Waals surface area contributed by atoms with Crippen molar-refractivity contribution in [2.75, 3.05) is 59.3 Å². The van der Waals surface area contributed by atoms with E-state index >= 15 is 0 Å². The zero-order valence-electron chi connectivity index (χ0n) is 31.7. The van der Waals surface area contributed by atoms with Crippen LogP contribution in [-0.2, 0) is 72.3 Å². The van der Waals surface area contributed by atoms with Crippen LogP contribution in [0.15, 0.2) is 0 Å². The number of carbonyl (C=O) groups excluding carboxylic acids is 3. The minimum atomic E-state index is -4.88. The molecule has 31 heteroatoms. The molecule has 0 aromatic rings. The molecule has 0 aromatic carbocycles. The van der Waals surface area contributed by atoms with Crippen LogP contribution in [0.25, 0.3) is 0 Å². The fraction of sp³-hybridized carbons (Fsp3) is 0.889. The van der Waals surface area contributed by atoms with Crippen LogP contribution in [-0.4, -0.2) is 144 Å². The normalized spacial score (nSPS) is 17.2. The molecule has 0 spiro atoms. The Morgan fingerprint density at radius 3 is 0.862 bits per heavy atom. The fourth-order valence-electron chi connectivity index (χ4n) is 3.18. The fourth-order valence-corrected chi connectivity index (χ4v) is 5.47. The molecule has 0 bridgehead atoms. The van der Waals surface area contributed by atoms with Gasteiger partial charge in [0.15, 0.2) is 0 Å². The van der Waals surface area contributed by atoms with Crippen molar-refractivity contribution < 1.29 is 118 Å². The minimum absolute atomic E-state index is 0. The number of aliphatic hydroxyl groups excluding tert-OH is 6. The van der Waals surface area contributed by atoms with Crippen LogP contribution in [0, 0.1) is 0 Å². The molecular formula is C27H60FeN6O21P3. The number of aliphatic hydroxyl groups is 6. The summed E-state index contributed by atoms with van der Waals surface area (Å²) in [7, 11) is -14.7. The zero-order valence-corrected chi connectivity index (χ0v) is 35.4. The van der Waals surface area contributed by atoms with Gasteiger partial charge in [-0.3, -0.25) is 28.1 Å². The number of phosphoric acid groups is 3. The van der Waals surface area contributed by atoms with Crippen molar-refractivity contribution in [3.63, 3.8) is 0 Å². The molecule has 0 saturated heterocycles. The van der Waals surface area contributed by atoms with Crippen LogP contribution in [0.3, 0.4) is 0 Å². The van der Waals surface area contributed by atoms with Crippen LogP contribution in [0.4, 0.5) is 0 Å². The topological polar surface area (TPSA) is 504 Å². The van der Waals surface area contributed by atoms with Crippen molar-refractivity contribution in [2.45, 2.75) is 94.2 Å². The average Bonchev–Trinajstić information content (AvgIpc) is 3.15. The van der Waals surface area contributed by atoms with Gasteiger partial charge in [0, 0.05) is 0 Å². The molecule has 58 heavy (non-hydrogen) atoms. The Bertz CT molecular complexity index is 1090. The molecule has 9 atom stereocenters. The predicted molar refractivity (Wildman–Crippen MR) is 191 cm³/mol. The quantitative estimate of drug-likeness (QED) is 0.0181. The molecule has 0 aliphatic carbocycles. The van der Waals surface area contributed by atoms with Gasteiger partial charge in [0.1, 0.15) is 36.4 Å². The molecule has 0 aliphatic rings. The molecule has 0 aromatic heterocycles. The maximum Gasteiger partial charge on any atom is 3.00 e. The first-order valence-corrected chi connectivity index (χ1v) is 21.7. The third kappa shape index (κ3) is 37.9. The number of hydrogen-bond acceptors (Lipinski definition) is 27. The van der Waals surface area contributed by atoms with E-state index in [9.17, 15) is 42.8 Å². The Hall–Kier alpha value is -1.10. The van der Waals surface area contributed by atoms with E-state index in [1.165, 1.54) is 0 Å². The van der Waals surface area contributed by atoms with Crippen molar-refractivity contribution in [3.8, 4) is 0 Å². The Balaban J connectivity index is -0.000000374. The Morgan fingerprint density at radius 1 is 0.483 bits per heavy atom. The largest absolute Gasteiger partial charge is 3.00 e. The first kappa shape index (κ1) is 63.5. The van der Waals surface area contributed by atoms with E-state index in [0.717, 1.165) is 0 Å². The number of unbranched alkanes of at least 4 members (excludes halogenated alkanes) is 3. The summed E-state index contributed by atoms with van der Waals surface area (Å²) in [4.78, 5) is 67.5. The standard InChI is InChI=1S/3C9H21N2O7P.Fe/c3*10-4-2-1-3-8(11)9(14)18-19(15,16)17-6-7(13)5-12;/h3*7-8,12-13H,1-6,10-11H2,(H,15,16);/q;;;+3/p-3/t3*7?,8-;/m000./s1. The summed E-state index contributed by atoms with van der Waals surface area (Å²) >= 11 is 0. The molecule has 0 fully saturated rings. The van der Waals surface area contributed by atoms with Crippen molar-refractivity contribution in [3.05, 3.63) is 0 Å². The van der Waals surface area contributed by atoms with Gasteiger partial charge >= 0.3 is 58.4 Å². The zero-order chi connectivity index (χ0) is 44.7. The van der Waals surface area contributed by atoms with E-state index in [2.05, 4.69) is 27.1 Å². The summed E-state index contributed by atoms with van der Waals surface area (Å²) in [6.45, 7) is -2.78. The number of rotatable bonds is 30. The van der Waals surface area contributed by atoms with Crippen LogP contribution >= 0.6 is 23.5 Å². The number of phosphoric ester groups is 3. The van der Waals surface area contributed by atoms with E-state index in [-0.39, 0.29) is 36.3 Å². The van der Waals surface area contributed by atoms with Crippen molar-refractivity contribution >= 4 is 41.4 Å². The molecule has 18 N–H and O–H groups in total. The van der Waals surface area contributed by atoms with E-state index in [1.807, 2.05) is 0 Å². The molecule has 347 valence electrons. The molecule has 0 saturated carbocycles. The molecule has 0 aliphatic heterocycles. The van der Waals surface area contributed by atoms with Gasteiger partial charge in [-0.25, -0.2) is 0 Å². The predicted octanol–water partition coefficient (Wildman–Crippen LogP) is -6.53. The third-order valence-corrected chi connectivity index (χ3v) is 8.94. The van der Waals surface area contributed by atoms with E-state index < -0.39 is 117 Å². The first-order valence-electron chi connectivity index (χ1n) is 17.3. The van der Waals surface area contributed by atoms with Crippen molar-refractivity contribution in [2.24, 2.45) is 34.4 Å². The maximum atomic E-state index is 11.3. The Kier molecular flexibility index (Phi) is 40.0. The minimum Gasteiger partial charge on any atom is -0.746 e. The smallest absolute Gasteiger partial charge is 0.746 e. The summed E-state index contributed by atoms with van der Waals surface area (Å²) in [5.41, 5.74) is 32.1. The second-order valence-corrected chi connectivity index (χ2v) is 15.6. The van der Waals surface area contributed by atoms with E-state index in [0.29, 0.717) is 58.2 Å². The van der Waals surface area contributed by atoms with Gasteiger partial charge < -0.3 is 107 Å². The molecule has 0 heterocycles.